The molecule has 0 bridgehead atoms. The summed E-state index contributed by atoms with van der Waals surface area (Å²) >= 11 is 0. The monoisotopic (exact) mass is 365 g/mol. The van der Waals surface area contributed by atoms with Crippen molar-refractivity contribution in [2.75, 3.05) is 40.3 Å². The smallest absolute Gasteiger partial charge is 0.279 e. The summed E-state index contributed by atoms with van der Waals surface area (Å²) in [7, 11) is 0.131. The first-order valence-corrected chi connectivity index (χ1v) is 9.53. The summed E-state index contributed by atoms with van der Waals surface area (Å²) in [6.45, 7) is 2.71. The number of hydrogen-bond donors (Lipinski definition) is 1. The van der Waals surface area contributed by atoms with Crippen LogP contribution in [0, 0.1) is 0 Å². The molecule has 1 fully saturated rings. The summed E-state index contributed by atoms with van der Waals surface area (Å²) < 4.78 is 35.8. The van der Waals surface area contributed by atoms with Gasteiger partial charge in [0.25, 0.3) is 10.2 Å². The second-order valence-corrected chi connectivity index (χ2v) is 7.78. The van der Waals surface area contributed by atoms with Gasteiger partial charge in [-0.25, -0.2) is 4.68 Å². The normalized spacial score (nSPS) is 16.9. The number of benzene rings is 1. The van der Waals surface area contributed by atoms with E-state index in [9.17, 15) is 8.42 Å². The van der Waals surface area contributed by atoms with Crippen LogP contribution < -0.4 is 9.46 Å². The van der Waals surface area contributed by atoms with Gasteiger partial charge in [-0.3, -0.25) is 0 Å². The van der Waals surface area contributed by atoms with Crippen LogP contribution in [0.15, 0.2) is 36.7 Å². The van der Waals surface area contributed by atoms with Gasteiger partial charge < -0.3 is 9.64 Å². The van der Waals surface area contributed by atoms with Gasteiger partial charge in [-0.2, -0.15) is 22.5 Å². The molecule has 9 heteroatoms. The van der Waals surface area contributed by atoms with Gasteiger partial charge in [0.15, 0.2) is 0 Å². The number of methoxy groups -OCH3 is 1. The minimum absolute atomic E-state index is 0.207. The van der Waals surface area contributed by atoms with E-state index in [0.29, 0.717) is 13.1 Å². The highest BCUT2D eigenvalue weighted by atomic mass is 32.2. The molecule has 0 amide bonds. The molecular weight excluding hydrogens is 342 g/mol. The highest BCUT2D eigenvalue weighted by Crippen LogP contribution is 2.16. The van der Waals surface area contributed by atoms with E-state index < -0.39 is 10.2 Å². The van der Waals surface area contributed by atoms with Crippen molar-refractivity contribution >= 4 is 10.2 Å². The van der Waals surface area contributed by atoms with Crippen molar-refractivity contribution in [2.24, 2.45) is 0 Å². The number of piperazine rings is 1. The van der Waals surface area contributed by atoms with E-state index in [0.717, 1.165) is 30.1 Å². The van der Waals surface area contributed by atoms with Gasteiger partial charge in [0.1, 0.15) is 5.75 Å². The van der Waals surface area contributed by atoms with Crippen molar-refractivity contribution in [1.29, 1.82) is 0 Å². The quantitative estimate of drug-likeness (QED) is 0.805. The van der Waals surface area contributed by atoms with Crippen molar-refractivity contribution in [3.05, 3.63) is 42.2 Å². The molecule has 2 aromatic rings. The fourth-order valence-electron chi connectivity index (χ4n) is 2.64. The van der Waals surface area contributed by atoms with Crippen molar-refractivity contribution in [1.82, 2.24) is 23.7 Å². The van der Waals surface area contributed by atoms with E-state index in [2.05, 4.69) is 14.7 Å². The Morgan fingerprint density at radius 2 is 2.00 bits per heavy atom. The molecule has 136 valence electrons. The highest BCUT2D eigenvalue weighted by Gasteiger charge is 2.25. The zero-order valence-electron chi connectivity index (χ0n) is 14.4. The molecule has 0 atom stereocenters. The van der Waals surface area contributed by atoms with Crippen molar-refractivity contribution in [3.8, 4) is 11.4 Å². The summed E-state index contributed by atoms with van der Waals surface area (Å²) in [4.78, 5) is 2.12. The van der Waals surface area contributed by atoms with Crippen LogP contribution in [-0.2, 0) is 16.8 Å². The molecule has 0 saturated carbocycles. The average molecular weight is 365 g/mol. The van der Waals surface area contributed by atoms with Crippen LogP contribution in [0.4, 0.5) is 0 Å². The molecule has 3 rings (SSSR count). The molecule has 1 N–H and O–H groups in total. The van der Waals surface area contributed by atoms with Crippen LogP contribution >= 0.6 is 0 Å². The minimum atomic E-state index is -3.47. The van der Waals surface area contributed by atoms with Gasteiger partial charge in [0, 0.05) is 50.6 Å². The maximum atomic E-state index is 12.4. The fourth-order valence-corrected chi connectivity index (χ4v) is 3.82. The van der Waals surface area contributed by atoms with Crippen LogP contribution in [0.25, 0.3) is 5.69 Å². The maximum Gasteiger partial charge on any atom is 0.279 e. The molecule has 25 heavy (non-hydrogen) atoms. The Labute approximate surface area is 148 Å². The standard InChI is InChI=1S/C16H23N5O3S/c1-19-6-8-20(9-7-19)25(22,23)18-12-14-11-17-21(13-14)15-4-3-5-16(10-15)24-2/h3-5,10-11,13,18H,6-9,12H2,1-2H3. The Kier molecular flexibility index (Phi) is 5.38. The summed E-state index contributed by atoms with van der Waals surface area (Å²) in [5.41, 5.74) is 1.65. The lowest BCUT2D eigenvalue weighted by molar-refractivity contribution is 0.221. The molecule has 1 aromatic heterocycles. The lowest BCUT2D eigenvalue weighted by Gasteiger charge is -2.31. The third kappa shape index (κ3) is 4.37. The molecule has 1 aliphatic rings. The molecule has 2 heterocycles. The zero-order valence-corrected chi connectivity index (χ0v) is 15.2. The molecule has 0 spiro atoms. The second-order valence-electron chi connectivity index (χ2n) is 6.02. The topological polar surface area (TPSA) is 79.7 Å². The highest BCUT2D eigenvalue weighted by molar-refractivity contribution is 7.87. The van der Waals surface area contributed by atoms with E-state index in [1.165, 1.54) is 4.31 Å². The Morgan fingerprint density at radius 1 is 1.24 bits per heavy atom. The molecule has 1 aliphatic heterocycles. The van der Waals surface area contributed by atoms with E-state index >= 15 is 0 Å². The molecular formula is C16H23N5O3S. The van der Waals surface area contributed by atoms with Crippen molar-refractivity contribution in [3.63, 3.8) is 0 Å². The summed E-state index contributed by atoms with van der Waals surface area (Å²) in [5, 5.41) is 4.29. The number of hydrogen-bond acceptors (Lipinski definition) is 5. The van der Waals surface area contributed by atoms with Crippen LogP contribution in [-0.4, -0.2) is 67.7 Å². The number of aromatic nitrogens is 2. The number of likely N-dealkylation sites (N-methyl/N-ethyl adjacent to an activating group) is 1. The van der Waals surface area contributed by atoms with Crippen LogP contribution in [0.5, 0.6) is 5.75 Å². The fraction of sp³-hybridized carbons (Fsp3) is 0.438. The molecule has 1 aromatic carbocycles. The number of nitrogens with one attached hydrogen (secondary N) is 1. The molecule has 0 aliphatic carbocycles. The van der Waals surface area contributed by atoms with Gasteiger partial charge in [0.05, 0.1) is 19.0 Å². The van der Waals surface area contributed by atoms with E-state index in [1.807, 2.05) is 31.3 Å². The summed E-state index contributed by atoms with van der Waals surface area (Å²) in [5.74, 6) is 0.741. The average Bonchev–Trinajstić information content (AvgIpc) is 3.10. The third-order valence-electron chi connectivity index (χ3n) is 4.21. The van der Waals surface area contributed by atoms with Crippen LogP contribution in [0.2, 0.25) is 0 Å². The first-order chi connectivity index (χ1) is 12.0. The molecule has 1 saturated heterocycles. The largest absolute Gasteiger partial charge is 0.497 e. The lowest BCUT2D eigenvalue weighted by Crippen LogP contribution is -2.50. The Balaban J connectivity index is 1.63. The number of ether oxygens (including phenoxy) is 1. The van der Waals surface area contributed by atoms with E-state index in [1.54, 1.807) is 24.2 Å². The third-order valence-corrected chi connectivity index (χ3v) is 5.77. The van der Waals surface area contributed by atoms with Crippen molar-refractivity contribution in [2.45, 2.75) is 6.54 Å². The maximum absolute atomic E-state index is 12.4. The first kappa shape index (κ1) is 17.9. The molecule has 8 nitrogen and oxygen atoms in total. The van der Waals surface area contributed by atoms with Crippen molar-refractivity contribution < 1.29 is 13.2 Å². The number of rotatable bonds is 6. The molecule has 0 radical (unpaired) electrons. The van der Waals surface area contributed by atoms with Gasteiger partial charge in [-0.15, -0.1) is 0 Å². The van der Waals surface area contributed by atoms with Crippen LogP contribution in [0.3, 0.4) is 0 Å². The Morgan fingerprint density at radius 3 is 2.72 bits per heavy atom. The summed E-state index contributed by atoms with van der Waals surface area (Å²) in [6.07, 6.45) is 3.47. The zero-order chi connectivity index (χ0) is 17.9. The minimum Gasteiger partial charge on any atom is -0.497 e. The Hall–Kier alpha value is -1.94. The first-order valence-electron chi connectivity index (χ1n) is 8.09. The second kappa shape index (κ2) is 7.52. The predicted octanol–water partition coefficient (Wildman–Crippen LogP) is 0.463. The van der Waals surface area contributed by atoms with Crippen LogP contribution in [0.1, 0.15) is 5.56 Å². The van der Waals surface area contributed by atoms with Gasteiger partial charge >= 0.3 is 0 Å². The van der Waals surface area contributed by atoms with E-state index in [4.69, 9.17) is 4.74 Å². The predicted molar refractivity (Wildman–Crippen MR) is 94.9 cm³/mol. The SMILES string of the molecule is COc1cccc(-n2cc(CNS(=O)(=O)N3CCN(C)CC3)cn2)c1. The number of nitrogens with zero attached hydrogens (tertiary/aromatic N) is 4. The van der Waals surface area contributed by atoms with Gasteiger partial charge in [0.2, 0.25) is 0 Å². The van der Waals surface area contributed by atoms with Gasteiger partial charge in [-0.05, 0) is 19.2 Å². The van der Waals surface area contributed by atoms with Gasteiger partial charge in [-0.1, -0.05) is 6.07 Å². The Bertz CT molecular complexity index is 813. The lowest BCUT2D eigenvalue weighted by atomic mass is 10.3. The molecule has 0 unspecified atom stereocenters. The summed E-state index contributed by atoms with van der Waals surface area (Å²) in [6, 6.07) is 7.52. The van der Waals surface area contributed by atoms with E-state index in [-0.39, 0.29) is 6.54 Å².